The molecule has 5 heteroatoms. The summed E-state index contributed by atoms with van der Waals surface area (Å²) in [6, 6.07) is 5.55. The smallest absolute Gasteiger partial charge is 0.150 e. The summed E-state index contributed by atoms with van der Waals surface area (Å²) in [5.74, 6) is 0. The van der Waals surface area contributed by atoms with E-state index in [9.17, 15) is 4.79 Å². The number of nitrogens with zero attached hydrogens (tertiary/aromatic N) is 1. The first-order valence-electron chi connectivity index (χ1n) is 5.70. The summed E-state index contributed by atoms with van der Waals surface area (Å²) in [4.78, 5) is 12.9. The topological polar surface area (TPSA) is 38.8 Å². The molecule has 1 aromatic rings. The predicted octanol–water partition coefficient (Wildman–Crippen LogP) is 2.36. The monoisotopic (exact) mass is 315 g/mol. The van der Waals surface area contributed by atoms with Gasteiger partial charge in [-0.15, -0.1) is 0 Å². The van der Waals surface area contributed by atoms with Crippen molar-refractivity contribution in [3.8, 4) is 0 Å². The van der Waals surface area contributed by atoms with Gasteiger partial charge in [0.05, 0.1) is 18.9 Å². The Kier molecular flexibility index (Phi) is 6.93. The number of carbonyl (C=O) groups is 1. The van der Waals surface area contributed by atoms with Crippen LogP contribution in [0.4, 0.5) is 5.69 Å². The van der Waals surface area contributed by atoms with Gasteiger partial charge in [0.1, 0.15) is 6.29 Å². The molecule has 0 N–H and O–H groups in total. The maximum absolute atomic E-state index is 10.7. The zero-order chi connectivity index (χ0) is 13.4. The highest BCUT2D eigenvalue weighted by molar-refractivity contribution is 9.10. The van der Waals surface area contributed by atoms with Crippen molar-refractivity contribution in [2.75, 3.05) is 45.4 Å². The third kappa shape index (κ3) is 4.40. The van der Waals surface area contributed by atoms with E-state index >= 15 is 0 Å². The van der Waals surface area contributed by atoms with Gasteiger partial charge in [0.15, 0.2) is 0 Å². The molecule has 0 heterocycles. The van der Waals surface area contributed by atoms with E-state index < -0.39 is 0 Å². The Hall–Kier alpha value is -0.910. The molecule has 0 aliphatic heterocycles. The number of rotatable bonds is 8. The number of methoxy groups -OCH3 is 2. The summed E-state index contributed by atoms with van der Waals surface area (Å²) in [7, 11) is 3.36. The molecule has 0 aliphatic rings. The minimum absolute atomic E-state index is 0.644. The number of carbonyl (C=O) groups excluding carboxylic acids is 1. The summed E-state index contributed by atoms with van der Waals surface area (Å²) < 4.78 is 11.1. The standard InChI is InChI=1S/C13H18BrNO3/c1-17-7-5-15(6-8-18-2)13-4-3-11(10-16)9-12(13)14/h3-4,9-10H,5-8H2,1-2H3. The predicted molar refractivity (Wildman–Crippen MR) is 75.5 cm³/mol. The van der Waals surface area contributed by atoms with Crippen LogP contribution in [-0.2, 0) is 9.47 Å². The van der Waals surface area contributed by atoms with Crippen molar-refractivity contribution in [1.82, 2.24) is 0 Å². The molecule has 1 rings (SSSR count). The normalized spacial score (nSPS) is 10.4. The largest absolute Gasteiger partial charge is 0.383 e. The average Bonchev–Trinajstić information content (AvgIpc) is 2.39. The Morgan fingerprint density at radius 2 is 1.83 bits per heavy atom. The second kappa shape index (κ2) is 8.24. The van der Waals surface area contributed by atoms with Crippen LogP contribution in [0.25, 0.3) is 0 Å². The number of hydrogen-bond acceptors (Lipinski definition) is 4. The van der Waals surface area contributed by atoms with Crippen molar-refractivity contribution in [1.29, 1.82) is 0 Å². The van der Waals surface area contributed by atoms with E-state index in [2.05, 4.69) is 20.8 Å². The number of benzene rings is 1. The number of aldehydes is 1. The van der Waals surface area contributed by atoms with Gasteiger partial charge in [0.2, 0.25) is 0 Å². The lowest BCUT2D eigenvalue weighted by molar-refractivity contribution is 0.112. The Morgan fingerprint density at radius 3 is 2.28 bits per heavy atom. The van der Waals surface area contributed by atoms with E-state index in [1.165, 1.54) is 0 Å². The molecule has 0 amide bonds. The lowest BCUT2D eigenvalue weighted by Crippen LogP contribution is -2.30. The van der Waals surface area contributed by atoms with E-state index in [0.717, 1.165) is 29.5 Å². The molecule has 1 aromatic carbocycles. The number of ether oxygens (including phenoxy) is 2. The van der Waals surface area contributed by atoms with E-state index in [0.29, 0.717) is 18.8 Å². The quantitative estimate of drug-likeness (QED) is 0.690. The number of halogens is 1. The molecule has 0 aliphatic carbocycles. The van der Waals surface area contributed by atoms with Gasteiger partial charge in [-0.2, -0.15) is 0 Å². The third-order valence-electron chi connectivity index (χ3n) is 2.58. The van der Waals surface area contributed by atoms with Crippen LogP contribution in [-0.4, -0.2) is 46.8 Å². The summed E-state index contributed by atoms with van der Waals surface area (Å²) in [6.45, 7) is 2.84. The van der Waals surface area contributed by atoms with Gasteiger partial charge in [0.25, 0.3) is 0 Å². The van der Waals surface area contributed by atoms with Crippen molar-refractivity contribution in [3.05, 3.63) is 28.2 Å². The van der Waals surface area contributed by atoms with Gasteiger partial charge < -0.3 is 14.4 Å². The van der Waals surface area contributed by atoms with Gasteiger partial charge >= 0.3 is 0 Å². The Balaban J connectivity index is 2.85. The molecular weight excluding hydrogens is 298 g/mol. The van der Waals surface area contributed by atoms with Crippen molar-refractivity contribution in [3.63, 3.8) is 0 Å². The van der Waals surface area contributed by atoms with Crippen molar-refractivity contribution in [2.45, 2.75) is 0 Å². The zero-order valence-electron chi connectivity index (χ0n) is 10.7. The molecule has 4 nitrogen and oxygen atoms in total. The van der Waals surface area contributed by atoms with Gasteiger partial charge in [-0.1, -0.05) is 0 Å². The molecule has 0 atom stereocenters. The summed E-state index contributed by atoms with van der Waals surface area (Å²) in [5, 5.41) is 0. The molecule has 0 radical (unpaired) electrons. The second-order valence-electron chi connectivity index (χ2n) is 3.80. The molecule has 0 bridgehead atoms. The maximum Gasteiger partial charge on any atom is 0.150 e. The Morgan fingerprint density at radius 1 is 1.22 bits per heavy atom. The first kappa shape index (κ1) is 15.1. The highest BCUT2D eigenvalue weighted by Gasteiger charge is 2.10. The average molecular weight is 316 g/mol. The molecular formula is C13H18BrNO3. The van der Waals surface area contributed by atoms with Gasteiger partial charge in [-0.25, -0.2) is 0 Å². The van der Waals surface area contributed by atoms with Gasteiger partial charge in [-0.3, -0.25) is 4.79 Å². The molecule has 0 fully saturated rings. The second-order valence-corrected chi connectivity index (χ2v) is 4.66. The fourth-order valence-electron chi connectivity index (χ4n) is 1.61. The third-order valence-corrected chi connectivity index (χ3v) is 3.21. The highest BCUT2D eigenvalue weighted by Crippen LogP contribution is 2.26. The van der Waals surface area contributed by atoms with Crippen molar-refractivity contribution >= 4 is 27.9 Å². The fourth-order valence-corrected chi connectivity index (χ4v) is 2.26. The van der Waals surface area contributed by atoms with E-state index in [-0.39, 0.29) is 0 Å². The van der Waals surface area contributed by atoms with E-state index in [4.69, 9.17) is 9.47 Å². The first-order chi connectivity index (χ1) is 8.72. The van der Waals surface area contributed by atoms with Crippen molar-refractivity contribution < 1.29 is 14.3 Å². The Labute approximate surface area is 116 Å². The van der Waals surface area contributed by atoms with Crippen LogP contribution in [0.2, 0.25) is 0 Å². The maximum atomic E-state index is 10.7. The number of anilines is 1. The van der Waals surface area contributed by atoms with Crippen LogP contribution in [0.15, 0.2) is 22.7 Å². The van der Waals surface area contributed by atoms with Crippen LogP contribution in [0.5, 0.6) is 0 Å². The van der Waals surface area contributed by atoms with Crippen LogP contribution >= 0.6 is 15.9 Å². The molecule has 0 unspecified atom stereocenters. The zero-order valence-corrected chi connectivity index (χ0v) is 12.3. The van der Waals surface area contributed by atoms with E-state index in [1.807, 2.05) is 12.1 Å². The van der Waals surface area contributed by atoms with Gasteiger partial charge in [-0.05, 0) is 34.1 Å². The molecule has 0 aromatic heterocycles. The minimum atomic E-state index is 0.644. The van der Waals surface area contributed by atoms with Gasteiger partial charge in [0, 0.05) is 37.3 Å². The summed E-state index contributed by atoms with van der Waals surface area (Å²) in [5.41, 5.74) is 1.69. The summed E-state index contributed by atoms with van der Waals surface area (Å²) in [6.07, 6.45) is 0.836. The molecule has 0 spiro atoms. The SMILES string of the molecule is COCCN(CCOC)c1ccc(C=O)cc1Br. The van der Waals surface area contributed by atoms with Crippen LogP contribution in [0.1, 0.15) is 10.4 Å². The van der Waals surface area contributed by atoms with Crippen LogP contribution < -0.4 is 4.90 Å². The van der Waals surface area contributed by atoms with Crippen LogP contribution in [0, 0.1) is 0 Å². The lowest BCUT2D eigenvalue weighted by Gasteiger charge is -2.25. The molecule has 18 heavy (non-hydrogen) atoms. The molecule has 0 saturated carbocycles. The van der Waals surface area contributed by atoms with E-state index in [1.54, 1.807) is 20.3 Å². The minimum Gasteiger partial charge on any atom is -0.383 e. The first-order valence-corrected chi connectivity index (χ1v) is 6.49. The molecule has 0 saturated heterocycles. The Bertz CT molecular complexity index is 376. The number of hydrogen-bond donors (Lipinski definition) is 0. The van der Waals surface area contributed by atoms with Crippen LogP contribution in [0.3, 0.4) is 0 Å². The van der Waals surface area contributed by atoms with Crippen molar-refractivity contribution in [2.24, 2.45) is 0 Å². The molecule has 100 valence electrons. The highest BCUT2D eigenvalue weighted by atomic mass is 79.9. The summed E-state index contributed by atoms with van der Waals surface area (Å²) >= 11 is 3.49. The lowest BCUT2D eigenvalue weighted by atomic mass is 10.2. The fraction of sp³-hybridized carbons (Fsp3) is 0.462.